The van der Waals surface area contributed by atoms with Gasteiger partial charge in [0, 0.05) is 29.8 Å². The van der Waals surface area contributed by atoms with Crippen LogP contribution in [0, 0.1) is 0 Å². The van der Waals surface area contributed by atoms with Gasteiger partial charge in [-0.15, -0.1) is 0 Å². The molecule has 3 heterocycles. The van der Waals surface area contributed by atoms with Crippen molar-refractivity contribution >= 4 is 40.3 Å². The van der Waals surface area contributed by atoms with E-state index in [9.17, 15) is 9.59 Å². The van der Waals surface area contributed by atoms with Gasteiger partial charge in [-0.05, 0) is 43.7 Å². The van der Waals surface area contributed by atoms with Crippen molar-refractivity contribution in [2.45, 2.75) is 44.1 Å². The van der Waals surface area contributed by atoms with Gasteiger partial charge in [0.25, 0.3) is 5.56 Å². The van der Waals surface area contributed by atoms with E-state index in [0.29, 0.717) is 33.5 Å². The Labute approximate surface area is 206 Å². The minimum Gasteiger partial charge on any atom is -0.336 e. The van der Waals surface area contributed by atoms with Crippen molar-refractivity contribution in [1.82, 2.24) is 24.2 Å². The first-order valence-electron chi connectivity index (χ1n) is 11.1. The maximum atomic E-state index is 13.4. The molecule has 0 saturated carbocycles. The Morgan fingerprint density at radius 1 is 1.18 bits per heavy atom. The molecule has 7 nitrogen and oxygen atoms in total. The lowest BCUT2D eigenvalue weighted by Crippen LogP contribution is -2.38. The molecular formula is C25H24ClN5O2S. The fourth-order valence-electron chi connectivity index (χ4n) is 4.21. The number of aromatic nitrogens is 4. The minimum atomic E-state index is -0.243. The quantitative estimate of drug-likeness (QED) is 0.364. The van der Waals surface area contributed by atoms with E-state index in [2.05, 4.69) is 5.10 Å². The van der Waals surface area contributed by atoms with Crippen molar-refractivity contribution in [2.75, 3.05) is 5.75 Å². The maximum Gasteiger partial charge on any atom is 0.265 e. The van der Waals surface area contributed by atoms with Crippen LogP contribution in [0.3, 0.4) is 0 Å². The summed E-state index contributed by atoms with van der Waals surface area (Å²) in [4.78, 5) is 33.3. The molecule has 4 aromatic rings. The third kappa shape index (κ3) is 4.23. The summed E-state index contributed by atoms with van der Waals surface area (Å²) in [5.74, 6) is 0.660. The summed E-state index contributed by atoms with van der Waals surface area (Å²) in [6.07, 6.45) is 1.80. The lowest BCUT2D eigenvalue weighted by molar-refractivity contribution is -0.134. The number of thioether (sulfide) groups is 1. The zero-order valence-corrected chi connectivity index (χ0v) is 20.5. The van der Waals surface area contributed by atoms with Crippen LogP contribution in [0.15, 0.2) is 70.7 Å². The van der Waals surface area contributed by atoms with Crippen LogP contribution < -0.4 is 5.56 Å². The van der Waals surface area contributed by atoms with E-state index in [1.165, 1.54) is 11.8 Å². The van der Waals surface area contributed by atoms with Crippen molar-refractivity contribution < 1.29 is 4.79 Å². The van der Waals surface area contributed by atoms with E-state index in [1.807, 2.05) is 61.2 Å². The molecule has 0 radical (unpaired) electrons. The second-order valence-electron chi connectivity index (χ2n) is 8.61. The second kappa shape index (κ2) is 9.27. The Kier molecular flexibility index (Phi) is 6.18. The summed E-state index contributed by atoms with van der Waals surface area (Å²) < 4.78 is 3.31. The molecule has 1 unspecified atom stereocenters. The second-order valence-corrected chi connectivity index (χ2v) is 10.0. The number of fused-ring (bicyclic) bond motifs is 2. The predicted molar refractivity (Wildman–Crippen MR) is 135 cm³/mol. The standard InChI is InChI=1S/C25H24ClN5O2S/c1-16(2)29(14-17-6-4-3-5-7-17)22(32)12-20-15-34-25-28-23-21(24(33)30(20)25)13-27-31(23)19-10-8-18(26)9-11-19/h3-11,13,16,20H,12,14-15H2,1-2H3. The maximum absolute atomic E-state index is 13.4. The Balaban J connectivity index is 1.43. The number of carbonyl (C=O) groups is 1. The summed E-state index contributed by atoms with van der Waals surface area (Å²) in [7, 11) is 0. The number of hydrogen-bond donors (Lipinski definition) is 0. The van der Waals surface area contributed by atoms with Crippen LogP contribution in [0.4, 0.5) is 0 Å². The van der Waals surface area contributed by atoms with Gasteiger partial charge in [-0.3, -0.25) is 14.2 Å². The highest BCUT2D eigenvalue weighted by atomic mass is 35.5. The molecule has 2 aromatic carbocycles. The molecular weight excluding hydrogens is 470 g/mol. The largest absolute Gasteiger partial charge is 0.336 e. The summed E-state index contributed by atoms with van der Waals surface area (Å²) in [6.45, 7) is 4.57. The lowest BCUT2D eigenvalue weighted by Gasteiger charge is -2.28. The van der Waals surface area contributed by atoms with Gasteiger partial charge < -0.3 is 4.90 Å². The van der Waals surface area contributed by atoms with Crippen LogP contribution in [0.1, 0.15) is 31.9 Å². The van der Waals surface area contributed by atoms with Gasteiger partial charge in [-0.2, -0.15) is 5.10 Å². The van der Waals surface area contributed by atoms with Crippen LogP contribution in [-0.2, 0) is 11.3 Å². The molecule has 1 atom stereocenters. The fourth-order valence-corrected chi connectivity index (χ4v) is 5.47. The third-order valence-corrected chi connectivity index (χ3v) is 7.34. The molecule has 174 valence electrons. The van der Waals surface area contributed by atoms with E-state index in [4.69, 9.17) is 16.6 Å². The Morgan fingerprint density at radius 3 is 2.62 bits per heavy atom. The summed E-state index contributed by atoms with van der Waals surface area (Å²) in [6, 6.07) is 17.0. The van der Waals surface area contributed by atoms with Crippen LogP contribution in [0.2, 0.25) is 5.02 Å². The van der Waals surface area contributed by atoms with Crippen molar-refractivity contribution in [3.05, 3.63) is 81.7 Å². The molecule has 0 spiro atoms. The van der Waals surface area contributed by atoms with E-state index in [0.717, 1.165) is 11.3 Å². The van der Waals surface area contributed by atoms with Crippen molar-refractivity contribution in [3.8, 4) is 5.69 Å². The topological polar surface area (TPSA) is 73.0 Å². The molecule has 0 N–H and O–H groups in total. The van der Waals surface area contributed by atoms with Gasteiger partial charge in [0.1, 0.15) is 5.39 Å². The van der Waals surface area contributed by atoms with E-state index in [-0.39, 0.29) is 30.0 Å². The van der Waals surface area contributed by atoms with E-state index >= 15 is 0 Å². The number of amides is 1. The minimum absolute atomic E-state index is 0.0289. The van der Waals surface area contributed by atoms with Crippen LogP contribution in [0.25, 0.3) is 16.7 Å². The molecule has 0 bridgehead atoms. The smallest absolute Gasteiger partial charge is 0.265 e. The normalized spacial score (nSPS) is 15.1. The zero-order chi connectivity index (χ0) is 23.8. The highest BCUT2D eigenvalue weighted by Crippen LogP contribution is 2.34. The van der Waals surface area contributed by atoms with Crippen molar-refractivity contribution in [2.24, 2.45) is 0 Å². The van der Waals surface area contributed by atoms with Crippen LogP contribution in [0.5, 0.6) is 0 Å². The first kappa shape index (κ1) is 22.7. The van der Waals surface area contributed by atoms with Gasteiger partial charge in [0.15, 0.2) is 10.8 Å². The average molecular weight is 494 g/mol. The number of halogens is 1. The van der Waals surface area contributed by atoms with Crippen LogP contribution >= 0.6 is 23.4 Å². The number of benzene rings is 2. The van der Waals surface area contributed by atoms with Gasteiger partial charge in [-0.1, -0.05) is 53.7 Å². The van der Waals surface area contributed by atoms with Gasteiger partial charge in [0.05, 0.1) is 17.9 Å². The molecule has 0 aliphatic carbocycles. The van der Waals surface area contributed by atoms with Gasteiger partial charge in [-0.25, -0.2) is 9.67 Å². The Hall–Kier alpha value is -3.10. The lowest BCUT2D eigenvalue weighted by atomic mass is 10.1. The summed E-state index contributed by atoms with van der Waals surface area (Å²) in [5.41, 5.74) is 2.20. The molecule has 5 rings (SSSR count). The monoisotopic (exact) mass is 493 g/mol. The first-order chi connectivity index (χ1) is 16.4. The number of nitrogens with zero attached hydrogens (tertiary/aromatic N) is 5. The zero-order valence-electron chi connectivity index (χ0n) is 18.9. The van der Waals surface area contributed by atoms with Gasteiger partial charge in [0.2, 0.25) is 5.91 Å². The molecule has 1 aliphatic heterocycles. The summed E-state index contributed by atoms with van der Waals surface area (Å²) >= 11 is 7.50. The number of rotatable bonds is 6. The van der Waals surface area contributed by atoms with Gasteiger partial charge >= 0.3 is 0 Å². The molecule has 2 aromatic heterocycles. The predicted octanol–water partition coefficient (Wildman–Crippen LogP) is 4.71. The Morgan fingerprint density at radius 2 is 1.91 bits per heavy atom. The Bertz CT molecular complexity index is 1400. The number of carbonyl (C=O) groups excluding carboxylic acids is 1. The molecule has 34 heavy (non-hydrogen) atoms. The third-order valence-electron chi connectivity index (χ3n) is 5.99. The highest BCUT2D eigenvalue weighted by Gasteiger charge is 2.31. The SMILES string of the molecule is CC(C)N(Cc1ccccc1)C(=O)CC1CSc2nc3c(cnn3-c3ccc(Cl)cc3)c(=O)n21. The molecule has 1 aliphatic rings. The molecule has 9 heteroatoms. The van der Waals surface area contributed by atoms with Crippen molar-refractivity contribution in [1.29, 1.82) is 0 Å². The fraction of sp³-hybridized carbons (Fsp3) is 0.280. The highest BCUT2D eigenvalue weighted by molar-refractivity contribution is 7.99. The van der Waals surface area contributed by atoms with E-state index in [1.54, 1.807) is 27.6 Å². The molecule has 0 saturated heterocycles. The first-order valence-corrected chi connectivity index (χ1v) is 12.5. The number of hydrogen-bond acceptors (Lipinski definition) is 5. The van der Waals surface area contributed by atoms with Crippen LogP contribution in [-0.4, -0.2) is 41.9 Å². The summed E-state index contributed by atoms with van der Waals surface area (Å²) in [5, 5.41) is 6.07. The van der Waals surface area contributed by atoms with Crippen molar-refractivity contribution in [3.63, 3.8) is 0 Å². The molecule has 0 fully saturated rings. The average Bonchev–Trinajstić information content (AvgIpc) is 3.43. The molecule has 1 amide bonds. The van der Waals surface area contributed by atoms with E-state index < -0.39 is 0 Å².